The maximum atomic E-state index is 12.9. The highest BCUT2D eigenvalue weighted by Crippen LogP contribution is 2.46. The molecule has 1 N–H and O–H groups in total. The number of benzene rings is 1. The largest absolute Gasteiger partial charge is 0.462 e. The fourth-order valence-electron chi connectivity index (χ4n) is 7.77. The first kappa shape index (κ1) is 46.7. The number of hydrogen-bond donors (Lipinski definition) is 1. The minimum atomic E-state index is -0.484. The van der Waals surface area contributed by atoms with Gasteiger partial charge in [0.2, 0.25) is 0 Å². The van der Waals surface area contributed by atoms with E-state index in [1.165, 1.54) is 57.8 Å². The number of esters is 1. The standard InChI is InChI=1S/C45H74O8S/c1-5-6-7-8-9-10-11-12-15-21-29-40(50-35-48-3)42-31-32-43(53-42)41(51-36-49-4)30-23-22-26-38(46)25-18-14-13-16-24-33-45(34-37(2)52-44(45)47)54-39-27-19-17-20-28-39/h17,19-20,27-28,37-38,40-43,46H,5-16,18,21,24-26,29-36H2,1-4H3/t37-,38-,40+,41+,42+,43+,45+/m0/s1. The third-order valence-electron chi connectivity index (χ3n) is 10.8. The third kappa shape index (κ3) is 18.5. The number of rotatable bonds is 31. The summed E-state index contributed by atoms with van der Waals surface area (Å²) in [7, 11) is 3.30. The van der Waals surface area contributed by atoms with Gasteiger partial charge in [0.15, 0.2) is 0 Å². The highest BCUT2D eigenvalue weighted by Gasteiger charge is 2.48. The van der Waals surface area contributed by atoms with E-state index in [0.29, 0.717) is 12.8 Å². The molecule has 1 aromatic rings. The molecule has 7 atom stereocenters. The van der Waals surface area contributed by atoms with Gasteiger partial charge in [-0.05, 0) is 51.2 Å². The van der Waals surface area contributed by atoms with Crippen LogP contribution in [0.15, 0.2) is 35.2 Å². The molecular weight excluding hydrogens is 701 g/mol. The summed E-state index contributed by atoms with van der Waals surface area (Å²) in [6.45, 7) is 4.73. The van der Waals surface area contributed by atoms with Crippen LogP contribution in [0.1, 0.15) is 162 Å². The number of thioether (sulfide) groups is 1. The van der Waals surface area contributed by atoms with E-state index in [1.807, 2.05) is 25.1 Å². The maximum Gasteiger partial charge on any atom is 0.322 e. The maximum absolute atomic E-state index is 12.9. The highest BCUT2D eigenvalue weighted by molar-refractivity contribution is 8.01. The normalized spacial score (nSPS) is 22.8. The summed E-state index contributed by atoms with van der Waals surface area (Å²) in [5, 5.41) is 10.6. The summed E-state index contributed by atoms with van der Waals surface area (Å²) in [6.07, 6.45) is 23.7. The van der Waals surface area contributed by atoms with Crippen LogP contribution in [0.5, 0.6) is 0 Å². The van der Waals surface area contributed by atoms with E-state index in [-0.39, 0.29) is 50.1 Å². The predicted octanol–water partition coefficient (Wildman–Crippen LogP) is 10.6. The average molecular weight is 775 g/mol. The van der Waals surface area contributed by atoms with Gasteiger partial charge in [-0.3, -0.25) is 4.79 Å². The van der Waals surface area contributed by atoms with Crippen LogP contribution in [0, 0.1) is 11.8 Å². The Kier molecular flexibility index (Phi) is 24.8. The van der Waals surface area contributed by atoms with E-state index in [0.717, 1.165) is 81.9 Å². The third-order valence-corrected chi connectivity index (χ3v) is 12.2. The van der Waals surface area contributed by atoms with Crippen LogP contribution >= 0.6 is 11.8 Å². The second kappa shape index (κ2) is 28.7. The quantitative estimate of drug-likeness (QED) is 0.0342. The number of ether oxygens (including phenoxy) is 6. The molecule has 2 heterocycles. The van der Waals surface area contributed by atoms with Crippen LogP contribution in [-0.4, -0.2) is 80.3 Å². The Balaban J connectivity index is 1.32. The Bertz CT molecular complexity index is 1160. The molecule has 2 aliphatic heterocycles. The van der Waals surface area contributed by atoms with Crippen molar-refractivity contribution in [3.8, 4) is 11.8 Å². The SMILES string of the molecule is CCCCCCCCCCCC[C@@H](OCOC)[C@H]1CC[C@H]([C@@H](CC#CC[C@@H](O)CCCCCCC[C@@]2(Sc3ccccc3)C[C@H](C)OC2=O)OCOC)O1. The van der Waals surface area contributed by atoms with Crippen molar-refractivity contribution in [3.05, 3.63) is 30.3 Å². The molecule has 8 nitrogen and oxygen atoms in total. The number of cyclic esters (lactones) is 1. The number of carbonyl (C=O) groups excluding carboxylic acids is 1. The molecule has 0 aliphatic carbocycles. The summed E-state index contributed by atoms with van der Waals surface area (Å²) in [6, 6.07) is 10.2. The molecule has 1 aromatic carbocycles. The van der Waals surface area contributed by atoms with Crippen LogP contribution in [0.4, 0.5) is 0 Å². The molecule has 0 aromatic heterocycles. The first-order chi connectivity index (χ1) is 26.4. The number of carbonyl (C=O) groups is 1. The Hall–Kier alpha value is -1.64. The smallest absolute Gasteiger partial charge is 0.322 e. The van der Waals surface area contributed by atoms with Crippen molar-refractivity contribution >= 4 is 17.7 Å². The van der Waals surface area contributed by atoms with Gasteiger partial charge in [0.25, 0.3) is 0 Å². The minimum Gasteiger partial charge on any atom is -0.462 e. The second-order valence-corrected chi connectivity index (χ2v) is 17.0. The van der Waals surface area contributed by atoms with Gasteiger partial charge >= 0.3 is 5.97 Å². The van der Waals surface area contributed by atoms with E-state index in [2.05, 4.69) is 30.9 Å². The van der Waals surface area contributed by atoms with Gasteiger partial charge in [0.1, 0.15) is 24.4 Å². The first-order valence-corrected chi connectivity index (χ1v) is 22.2. The topological polar surface area (TPSA) is 92.7 Å². The predicted molar refractivity (Wildman–Crippen MR) is 218 cm³/mol. The molecule has 2 saturated heterocycles. The van der Waals surface area contributed by atoms with E-state index < -0.39 is 10.9 Å². The molecule has 0 saturated carbocycles. The van der Waals surface area contributed by atoms with Gasteiger partial charge in [-0.2, -0.15) is 0 Å². The average Bonchev–Trinajstić information content (AvgIpc) is 3.76. The van der Waals surface area contributed by atoms with Gasteiger partial charge in [0.05, 0.1) is 30.5 Å². The summed E-state index contributed by atoms with van der Waals surface area (Å²) >= 11 is 1.66. The second-order valence-electron chi connectivity index (χ2n) is 15.5. The van der Waals surface area contributed by atoms with Crippen molar-refractivity contribution in [1.82, 2.24) is 0 Å². The molecule has 0 amide bonds. The number of aliphatic hydroxyl groups is 1. The zero-order valence-electron chi connectivity index (χ0n) is 34.2. The zero-order valence-corrected chi connectivity index (χ0v) is 35.1. The first-order valence-electron chi connectivity index (χ1n) is 21.4. The number of hydrogen-bond acceptors (Lipinski definition) is 9. The molecule has 0 spiro atoms. The van der Waals surface area contributed by atoms with Crippen molar-refractivity contribution in [2.24, 2.45) is 0 Å². The van der Waals surface area contributed by atoms with Crippen LogP contribution in [0.25, 0.3) is 0 Å². The number of methoxy groups -OCH3 is 2. The summed E-state index contributed by atoms with van der Waals surface area (Å²) in [5.41, 5.74) is 0. The lowest BCUT2D eigenvalue weighted by molar-refractivity contribution is -0.156. The molecule has 9 heteroatoms. The van der Waals surface area contributed by atoms with Crippen molar-refractivity contribution in [2.45, 2.75) is 208 Å². The van der Waals surface area contributed by atoms with Crippen LogP contribution in [0.3, 0.4) is 0 Å². The Morgan fingerprint density at radius 1 is 0.778 bits per heavy atom. The van der Waals surface area contributed by atoms with Crippen molar-refractivity contribution < 1.29 is 38.3 Å². The number of aliphatic hydroxyl groups excluding tert-OH is 1. The van der Waals surface area contributed by atoms with Gasteiger partial charge < -0.3 is 33.5 Å². The summed E-state index contributed by atoms with van der Waals surface area (Å²) in [4.78, 5) is 14.0. The molecule has 3 rings (SSSR count). The van der Waals surface area contributed by atoms with Gasteiger partial charge in [-0.25, -0.2) is 0 Å². The molecule has 0 radical (unpaired) electrons. The minimum absolute atomic E-state index is 0.0125. The van der Waals surface area contributed by atoms with Crippen LogP contribution in [0.2, 0.25) is 0 Å². The lowest BCUT2D eigenvalue weighted by Gasteiger charge is -2.26. The molecule has 2 fully saturated rings. The van der Waals surface area contributed by atoms with Gasteiger partial charge in [0, 0.05) is 38.4 Å². The fourth-order valence-corrected chi connectivity index (χ4v) is 9.21. The fraction of sp³-hybridized carbons (Fsp3) is 0.800. The summed E-state index contributed by atoms with van der Waals surface area (Å²) in [5.74, 6) is 6.39. The van der Waals surface area contributed by atoms with Crippen molar-refractivity contribution in [1.29, 1.82) is 0 Å². The van der Waals surface area contributed by atoms with Gasteiger partial charge in [-0.15, -0.1) is 23.6 Å². The highest BCUT2D eigenvalue weighted by atomic mass is 32.2. The van der Waals surface area contributed by atoms with Crippen molar-refractivity contribution in [2.75, 3.05) is 27.8 Å². The van der Waals surface area contributed by atoms with E-state index in [1.54, 1.807) is 26.0 Å². The van der Waals surface area contributed by atoms with E-state index >= 15 is 0 Å². The number of unbranched alkanes of at least 4 members (excludes halogenated alkanes) is 13. The lowest BCUT2D eigenvalue weighted by atomic mass is 9.96. The Morgan fingerprint density at radius 2 is 1.33 bits per heavy atom. The molecule has 54 heavy (non-hydrogen) atoms. The molecule has 0 unspecified atom stereocenters. The lowest BCUT2D eigenvalue weighted by Crippen LogP contribution is -2.34. The molecule has 0 bridgehead atoms. The van der Waals surface area contributed by atoms with Crippen LogP contribution in [-0.2, 0) is 33.2 Å². The Morgan fingerprint density at radius 3 is 1.94 bits per heavy atom. The molecule has 308 valence electrons. The summed E-state index contributed by atoms with van der Waals surface area (Å²) < 4.78 is 34.3. The molecular formula is C45H74O8S. The molecule has 2 aliphatic rings. The zero-order chi connectivity index (χ0) is 38.7. The van der Waals surface area contributed by atoms with Crippen molar-refractivity contribution in [3.63, 3.8) is 0 Å². The van der Waals surface area contributed by atoms with Gasteiger partial charge in [-0.1, -0.05) is 121 Å². The monoisotopic (exact) mass is 775 g/mol. The van der Waals surface area contributed by atoms with E-state index in [4.69, 9.17) is 28.4 Å². The van der Waals surface area contributed by atoms with Crippen LogP contribution < -0.4 is 0 Å². The Labute approximate surface area is 332 Å². The van der Waals surface area contributed by atoms with E-state index in [9.17, 15) is 9.90 Å².